The van der Waals surface area contributed by atoms with Gasteiger partial charge in [0.1, 0.15) is 103 Å². The van der Waals surface area contributed by atoms with Crippen molar-refractivity contribution in [3.8, 4) is 0 Å². The van der Waals surface area contributed by atoms with Crippen molar-refractivity contribution in [3.63, 3.8) is 0 Å². The van der Waals surface area contributed by atoms with E-state index in [1.807, 2.05) is 34.6 Å². The number of carbonyl (C=O) groups is 3. The van der Waals surface area contributed by atoms with Gasteiger partial charge < -0.3 is 124 Å². The van der Waals surface area contributed by atoms with Crippen LogP contribution in [0.1, 0.15) is 140 Å². The van der Waals surface area contributed by atoms with E-state index in [9.17, 15) is 85.9 Å². The number of esters is 2. The van der Waals surface area contributed by atoms with E-state index >= 15 is 0 Å². The molecule has 2 bridgehead atoms. The molecule has 0 aromatic carbocycles. The van der Waals surface area contributed by atoms with Crippen LogP contribution in [0.5, 0.6) is 0 Å². The van der Waals surface area contributed by atoms with Crippen LogP contribution in [-0.2, 0) is 66.5 Å². The average molecular weight is 1310 g/mol. The van der Waals surface area contributed by atoms with Crippen molar-refractivity contribution in [3.05, 3.63) is 11.6 Å². The van der Waals surface area contributed by atoms with Gasteiger partial charge in [-0.1, -0.05) is 61.5 Å². The number of hydrogen-bond donors (Lipinski definition) is 14. The van der Waals surface area contributed by atoms with E-state index in [4.69, 9.17) is 52.1 Å². The third kappa shape index (κ3) is 11.1. The minimum atomic E-state index is -2.30. The fourth-order valence-corrected chi connectivity index (χ4v) is 19.2. The zero-order chi connectivity index (χ0) is 66.9. The molecule has 1 spiro atoms. The summed E-state index contributed by atoms with van der Waals surface area (Å²) in [6.07, 6.45) is -38.7. The number of hydrogen-bond acceptors (Lipinski definition) is 27. The number of allylic oxidation sites excluding steroid dienone is 1. The predicted octanol–water partition coefficient (Wildman–Crippen LogP) is -1.10. The Morgan fingerprint density at radius 2 is 1.15 bits per heavy atom. The summed E-state index contributed by atoms with van der Waals surface area (Å²) in [7, 11) is 0. The molecular formula is C63H100O28. The molecule has 0 radical (unpaired) electrons. The Labute approximate surface area is 528 Å². The summed E-state index contributed by atoms with van der Waals surface area (Å²) in [5, 5.41) is 157. The summed E-state index contributed by atoms with van der Waals surface area (Å²) in [4.78, 5) is 41.2. The molecule has 10 rings (SSSR count). The molecule has 5 aliphatic heterocycles. The molecule has 28 heteroatoms. The number of carboxylic acids is 1. The Morgan fingerprint density at radius 3 is 1.77 bits per heavy atom. The molecule has 0 aromatic rings. The highest BCUT2D eigenvalue weighted by atomic mass is 16.8. The first-order valence-corrected chi connectivity index (χ1v) is 32.4. The zero-order valence-electron chi connectivity index (χ0n) is 53.7. The van der Waals surface area contributed by atoms with Crippen LogP contribution in [-0.4, -0.2) is 262 Å². The van der Waals surface area contributed by atoms with Crippen LogP contribution in [0.15, 0.2) is 11.6 Å². The van der Waals surface area contributed by atoms with Gasteiger partial charge in [-0.15, -0.1) is 0 Å². The maximum Gasteiger partial charge on any atom is 0.335 e. The van der Waals surface area contributed by atoms with Crippen LogP contribution in [0, 0.1) is 50.2 Å². The average Bonchev–Trinajstić information content (AvgIpc) is 1.56. The van der Waals surface area contributed by atoms with E-state index < -0.39 is 229 Å². The number of aliphatic hydroxyl groups excluding tert-OH is 13. The minimum Gasteiger partial charge on any atom is -0.479 e. The van der Waals surface area contributed by atoms with Gasteiger partial charge in [0, 0.05) is 23.3 Å². The van der Waals surface area contributed by atoms with E-state index in [1.165, 1.54) is 6.92 Å². The van der Waals surface area contributed by atoms with Crippen LogP contribution in [0.3, 0.4) is 0 Å². The van der Waals surface area contributed by atoms with Crippen LogP contribution >= 0.6 is 0 Å². The highest BCUT2D eigenvalue weighted by molar-refractivity contribution is 5.87. The number of fused-ring (bicyclic) bond motifs is 4. The van der Waals surface area contributed by atoms with E-state index in [2.05, 4.69) is 20.8 Å². The monoisotopic (exact) mass is 1300 g/mol. The van der Waals surface area contributed by atoms with Gasteiger partial charge in [-0.05, 0) is 112 Å². The molecule has 520 valence electrons. The topological polar surface area (TPSA) is 436 Å². The molecule has 91 heavy (non-hydrogen) atoms. The van der Waals surface area contributed by atoms with Gasteiger partial charge in [0.05, 0.1) is 37.1 Å². The summed E-state index contributed by atoms with van der Waals surface area (Å²) in [6.45, 7) is 19.2. The molecule has 33 atom stereocenters. The molecule has 0 unspecified atom stereocenters. The molecule has 5 saturated carbocycles. The summed E-state index contributed by atoms with van der Waals surface area (Å²) < 4.78 is 69.5. The Balaban J connectivity index is 0.992. The van der Waals surface area contributed by atoms with Gasteiger partial charge in [0.15, 0.2) is 37.6 Å². The largest absolute Gasteiger partial charge is 0.479 e. The number of aliphatic hydroxyl groups is 13. The van der Waals surface area contributed by atoms with Crippen molar-refractivity contribution in [2.45, 2.75) is 299 Å². The Bertz CT molecular complexity index is 2660. The van der Waals surface area contributed by atoms with Crippen molar-refractivity contribution in [1.29, 1.82) is 0 Å². The summed E-state index contributed by atoms with van der Waals surface area (Å²) in [5.74, 6) is -3.73. The Kier molecular flexibility index (Phi) is 20.0. The smallest absolute Gasteiger partial charge is 0.335 e. The van der Waals surface area contributed by atoms with Crippen molar-refractivity contribution in [2.75, 3.05) is 13.2 Å². The lowest BCUT2D eigenvalue weighted by molar-refractivity contribution is -0.406. The highest BCUT2D eigenvalue weighted by Crippen LogP contribution is 2.82. The quantitative estimate of drug-likeness (QED) is 0.0495. The molecule has 0 amide bonds. The molecule has 5 aliphatic carbocycles. The SMILES string of the molecule is C/C=C(/C)C(=O)O[C@H]1[C@H](O)C(C)(C)C[C@@H]2[C@]13[C@@H](O)O[C@@]21CC[C@@H]2[C@@]4(C)CC[C@H](O[C@@H]5O[C@H](C(=O)O)[C@@H](O)[C@H](O[C@@H]6O[C@H](CO)[C@H](O)[C@H](O)[C@H]6O[C@@H]6O[C@@H](C)[C@H](O)[C@@H](O)[C@H]6O)[C@H]5O[C@@H]5O[C@H](CO)[C@H](O)[C@H](O)[C@H]5O)C(C)(C)[C@@H]4CC[C@@]2(C)[C@]1(C)C[C@H]3OC(=O)CCC. The fraction of sp³-hybridized carbons (Fsp3) is 0.921. The Hall–Kier alpha value is -2.73. The summed E-state index contributed by atoms with van der Waals surface area (Å²) >= 11 is 0. The maximum atomic E-state index is 14.0. The van der Waals surface area contributed by atoms with Gasteiger partial charge in [-0.25, -0.2) is 9.59 Å². The van der Waals surface area contributed by atoms with Crippen LogP contribution < -0.4 is 0 Å². The van der Waals surface area contributed by atoms with Gasteiger partial charge in [-0.3, -0.25) is 4.79 Å². The van der Waals surface area contributed by atoms with Crippen molar-refractivity contribution >= 4 is 17.9 Å². The van der Waals surface area contributed by atoms with Crippen LogP contribution in [0.25, 0.3) is 0 Å². The van der Waals surface area contributed by atoms with Gasteiger partial charge in [0.2, 0.25) is 0 Å². The van der Waals surface area contributed by atoms with Gasteiger partial charge in [0.25, 0.3) is 0 Å². The van der Waals surface area contributed by atoms with E-state index in [0.29, 0.717) is 50.5 Å². The first-order chi connectivity index (χ1) is 42.5. The summed E-state index contributed by atoms with van der Waals surface area (Å²) in [5.41, 5.74) is -5.99. The lowest BCUT2D eigenvalue weighted by Gasteiger charge is -2.75. The first-order valence-electron chi connectivity index (χ1n) is 32.4. The maximum absolute atomic E-state index is 14.0. The van der Waals surface area contributed by atoms with Crippen LogP contribution in [0.2, 0.25) is 0 Å². The van der Waals surface area contributed by atoms with E-state index in [-0.39, 0.29) is 31.1 Å². The van der Waals surface area contributed by atoms with E-state index in [1.54, 1.807) is 19.9 Å². The Morgan fingerprint density at radius 1 is 0.582 bits per heavy atom. The molecular weight excluding hydrogens is 1200 g/mol. The molecule has 5 heterocycles. The summed E-state index contributed by atoms with van der Waals surface area (Å²) in [6, 6.07) is 0. The number of ether oxygens (including phenoxy) is 11. The standard InChI is InChI=1S/C63H100O28/c1-12-14-34(66)84-33-22-61(11)60(10)19-15-29-58(7,8)32(17-18-59(29,9)30(60)16-20-62(61)31-21-57(5,6)48(76)49(63(31,33)56(80)91-62)90-51(79)25(3)13-2)85-55-47(89-53-42(74)39(71)36(68)27(23-64)82-53)44(43(75)45(87-55)50(77)78)86-54-46(40(72)37(69)28(24-65)83-54)88-52-41(73)38(70)35(67)26(4)81-52/h13,26-33,35-49,52-56,64-65,67-76,80H,12,14-24H2,1-11H3,(H,77,78)/b25-13-/t26-,27+,28+,29-,30+,31-,32-,33+,35-,36-,37-,38+,39-,40-,41+,42+,43-,44-,45-,46+,47+,48-,49-,52-,53-,54-,55+,56-,59-,60+,61-,62-,63+/m0/s1. The lowest BCUT2D eigenvalue weighted by atomic mass is 9.30. The molecule has 10 aliphatic rings. The van der Waals surface area contributed by atoms with Gasteiger partial charge >= 0.3 is 17.9 Å². The van der Waals surface area contributed by atoms with Gasteiger partial charge in [-0.2, -0.15) is 0 Å². The van der Waals surface area contributed by atoms with Crippen molar-refractivity contribution < 1.29 is 138 Å². The molecule has 14 N–H and O–H groups in total. The second-order valence-electron chi connectivity index (χ2n) is 29.8. The lowest BCUT2D eigenvalue weighted by Crippen LogP contribution is -2.77. The predicted molar refractivity (Wildman–Crippen MR) is 307 cm³/mol. The second-order valence-corrected chi connectivity index (χ2v) is 29.8. The number of carbonyl (C=O) groups excluding carboxylic acids is 2. The minimum absolute atomic E-state index is 0.0694. The normalized spacial score (nSPS) is 52.6. The second kappa shape index (κ2) is 25.6. The fourth-order valence-electron chi connectivity index (χ4n) is 19.2. The van der Waals surface area contributed by atoms with Crippen molar-refractivity contribution in [1.82, 2.24) is 0 Å². The highest BCUT2D eigenvalue weighted by Gasteiger charge is 2.86. The molecule has 0 aromatic heterocycles. The van der Waals surface area contributed by atoms with E-state index in [0.717, 1.165) is 0 Å². The number of rotatable bonds is 16. The molecule has 10 fully saturated rings. The molecule has 5 saturated heterocycles. The third-order valence-electron chi connectivity index (χ3n) is 24.5. The van der Waals surface area contributed by atoms with Crippen LogP contribution in [0.4, 0.5) is 0 Å². The number of carboxylic acid groups (broad SMARTS) is 1. The van der Waals surface area contributed by atoms with Crippen molar-refractivity contribution in [2.24, 2.45) is 50.2 Å². The zero-order valence-corrected chi connectivity index (χ0v) is 53.7. The third-order valence-corrected chi connectivity index (χ3v) is 24.5. The first kappa shape index (κ1) is 71.1. The number of aliphatic carboxylic acids is 1. The molecule has 28 nitrogen and oxygen atoms in total.